The fourth-order valence-electron chi connectivity index (χ4n) is 4.47. The predicted molar refractivity (Wildman–Crippen MR) is 132 cm³/mol. The molecule has 33 heavy (non-hydrogen) atoms. The second-order valence-corrected chi connectivity index (χ2v) is 9.77. The third-order valence-electron chi connectivity index (χ3n) is 6.40. The monoisotopic (exact) mass is 444 g/mol. The van der Waals surface area contributed by atoms with Crippen molar-refractivity contribution in [3.63, 3.8) is 0 Å². The van der Waals surface area contributed by atoms with Gasteiger partial charge in [-0.15, -0.1) is 0 Å². The van der Waals surface area contributed by atoms with Gasteiger partial charge in [0.2, 0.25) is 11.8 Å². The number of hydrogen-bond donors (Lipinski definition) is 2. The summed E-state index contributed by atoms with van der Waals surface area (Å²) in [5, 5.41) is 12.5. The standard InChI is InChI=1S/C28H32N2O3/c1-28(2,3)27(33)29-24(18-31)26(32)30-16-14-21(15-17-30)25-22-10-6-4-8-19(22)12-13-20-9-5-7-11-23(20)25/h4-13,24,31H,14-18H2,1-3H3,(H,29,33)/t24-/m0/s1. The van der Waals surface area contributed by atoms with Crippen molar-refractivity contribution in [1.29, 1.82) is 0 Å². The Morgan fingerprint density at radius 3 is 1.94 bits per heavy atom. The van der Waals surface area contributed by atoms with Crippen LogP contribution in [0.2, 0.25) is 0 Å². The zero-order valence-corrected chi connectivity index (χ0v) is 19.6. The fraction of sp³-hybridized carbons (Fsp3) is 0.357. The molecule has 0 bridgehead atoms. The number of amides is 2. The van der Waals surface area contributed by atoms with Crippen LogP contribution in [0.25, 0.3) is 17.7 Å². The van der Waals surface area contributed by atoms with Crippen LogP contribution in [0.5, 0.6) is 0 Å². The molecule has 0 unspecified atom stereocenters. The molecule has 1 atom stereocenters. The highest BCUT2D eigenvalue weighted by molar-refractivity contribution is 5.95. The lowest BCUT2D eigenvalue weighted by molar-refractivity contribution is -0.140. The predicted octanol–water partition coefficient (Wildman–Crippen LogP) is 4.12. The molecule has 2 N–H and O–H groups in total. The molecule has 5 nitrogen and oxygen atoms in total. The number of rotatable bonds is 3. The second kappa shape index (κ2) is 9.36. The molecule has 0 saturated carbocycles. The van der Waals surface area contributed by atoms with E-state index >= 15 is 0 Å². The van der Waals surface area contributed by atoms with Gasteiger partial charge in [-0.3, -0.25) is 9.59 Å². The van der Waals surface area contributed by atoms with Gasteiger partial charge in [0.15, 0.2) is 0 Å². The van der Waals surface area contributed by atoms with Crippen LogP contribution < -0.4 is 5.32 Å². The van der Waals surface area contributed by atoms with Gasteiger partial charge < -0.3 is 15.3 Å². The van der Waals surface area contributed by atoms with E-state index in [0.717, 1.165) is 12.8 Å². The van der Waals surface area contributed by atoms with E-state index in [0.29, 0.717) is 13.1 Å². The lowest BCUT2D eigenvalue weighted by Gasteiger charge is -2.33. The van der Waals surface area contributed by atoms with Crippen molar-refractivity contribution < 1.29 is 14.7 Å². The molecule has 5 heteroatoms. The first kappa shape index (κ1) is 23.0. The van der Waals surface area contributed by atoms with Gasteiger partial charge in [0.25, 0.3) is 0 Å². The van der Waals surface area contributed by atoms with Gasteiger partial charge in [0.1, 0.15) is 6.04 Å². The van der Waals surface area contributed by atoms with Crippen molar-refractivity contribution >= 4 is 29.5 Å². The summed E-state index contributed by atoms with van der Waals surface area (Å²) in [6.45, 7) is 6.10. The SMILES string of the molecule is CC(C)(C)C(=O)N[C@@H](CO)C(=O)N1CCC(=C2c3ccccc3C=Cc3ccccc32)CC1. The molecule has 1 saturated heterocycles. The van der Waals surface area contributed by atoms with Gasteiger partial charge in [-0.05, 0) is 40.7 Å². The van der Waals surface area contributed by atoms with E-state index in [1.54, 1.807) is 25.7 Å². The molecular weight excluding hydrogens is 412 g/mol. The molecule has 0 radical (unpaired) electrons. The Kier molecular flexibility index (Phi) is 6.52. The van der Waals surface area contributed by atoms with Crippen molar-refractivity contribution in [3.8, 4) is 0 Å². The quantitative estimate of drug-likeness (QED) is 0.639. The smallest absolute Gasteiger partial charge is 0.247 e. The van der Waals surface area contributed by atoms with Crippen molar-refractivity contribution in [2.75, 3.05) is 19.7 Å². The van der Waals surface area contributed by atoms with Gasteiger partial charge >= 0.3 is 0 Å². The van der Waals surface area contributed by atoms with E-state index in [1.807, 2.05) is 0 Å². The summed E-state index contributed by atoms with van der Waals surface area (Å²) in [6, 6.07) is 16.0. The number of nitrogens with zero attached hydrogens (tertiary/aromatic N) is 1. The third kappa shape index (κ3) is 4.79. The summed E-state index contributed by atoms with van der Waals surface area (Å²) in [5.41, 5.74) is 6.81. The highest BCUT2D eigenvalue weighted by atomic mass is 16.3. The minimum atomic E-state index is -0.908. The molecule has 4 rings (SSSR count). The number of carbonyl (C=O) groups is 2. The van der Waals surface area contributed by atoms with Crippen LogP contribution in [0.15, 0.2) is 54.1 Å². The largest absolute Gasteiger partial charge is 0.394 e. The van der Waals surface area contributed by atoms with Gasteiger partial charge in [-0.2, -0.15) is 0 Å². The van der Waals surface area contributed by atoms with Crippen LogP contribution in [-0.2, 0) is 9.59 Å². The number of piperidine rings is 1. The molecule has 1 aliphatic carbocycles. The highest BCUT2D eigenvalue weighted by Crippen LogP contribution is 2.38. The van der Waals surface area contributed by atoms with Gasteiger partial charge in [0, 0.05) is 18.5 Å². The normalized spacial score (nSPS) is 16.5. The maximum Gasteiger partial charge on any atom is 0.247 e. The van der Waals surface area contributed by atoms with E-state index in [1.165, 1.54) is 33.4 Å². The lowest BCUT2D eigenvalue weighted by Crippen LogP contribution is -2.53. The zero-order valence-electron chi connectivity index (χ0n) is 19.6. The molecular formula is C28H32N2O3. The van der Waals surface area contributed by atoms with Crippen LogP contribution in [0.4, 0.5) is 0 Å². The Hall–Kier alpha value is -3.18. The molecule has 1 heterocycles. The molecule has 1 fully saturated rings. The average molecular weight is 445 g/mol. The minimum Gasteiger partial charge on any atom is -0.394 e. The number of aliphatic hydroxyl groups is 1. The summed E-state index contributed by atoms with van der Waals surface area (Å²) in [4.78, 5) is 27.2. The number of likely N-dealkylation sites (tertiary alicyclic amines) is 1. The molecule has 172 valence electrons. The number of nitrogens with one attached hydrogen (secondary N) is 1. The Morgan fingerprint density at radius 1 is 0.939 bits per heavy atom. The maximum absolute atomic E-state index is 13.1. The zero-order chi connectivity index (χ0) is 23.6. The molecule has 1 aliphatic heterocycles. The van der Waals surface area contributed by atoms with Crippen LogP contribution >= 0.6 is 0 Å². The van der Waals surface area contributed by atoms with Crippen LogP contribution in [-0.4, -0.2) is 47.6 Å². The van der Waals surface area contributed by atoms with E-state index in [9.17, 15) is 14.7 Å². The number of benzene rings is 2. The van der Waals surface area contributed by atoms with E-state index in [2.05, 4.69) is 66.0 Å². The Morgan fingerprint density at radius 2 is 1.45 bits per heavy atom. The highest BCUT2D eigenvalue weighted by Gasteiger charge is 2.31. The Bertz CT molecular complexity index is 1060. The number of fused-ring (bicyclic) bond motifs is 2. The van der Waals surface area contributed by atoms with Crippen molar-refractivity contribution in [2.24, 2.45) is 5.41 Å². The first-order valence-electron chi connectivity index (χ1n) is 11.6. The summed E-state index contributed by atoms with van der Waals surface area (Å²) in [7, 11) is 0. The van der Waals surface area contributed by atoms with E-state index < -0.39 is 18.1 Å². The summed E-state index contributed by atoms with van der Waals surface area (Å²) >= 11 is 0. The molecule has 0 aromatic heterocycles. The Labute approximate surface area is 195 Å². The fourth-order valence-corrected chi connectivity index (χ4v) is 4.47. The summed E-state index contributed by atoms with van der Waals surface area (Å²) in [5.74, 6) is -0.462. The molecule has 2 aromatic carbocycles. The second-order valence-electron chi connectivity index (χ2n) is 9.77. The number of aliphatic hydroxyl groups excluding tert-OH is 1. The van der Waals surface area contributed by atoms with Gasteiger partial charge in [-0.1, -0.05) is 87.0 Å². The molecule has 2 aliphatic rings. The van der Waals surface area contributed by atoms with E-state index in [4.69, 9.17) is 0 Å². The van der Waals surface area contributed by atoms with Crippen LogP contribution in [0.1, 0.15) is 55.9 Å². The minimum absolute atomic E-state index is 0.220. The van der Waals surface area contributed by atoms with Crippen molar-refractivity contribution in [3.05, 3.63) is 76.4 Å². The number of carbonyl (C=O) groups excluding carboxylic acids is 2. The first-order chi connectivity index (χ1) is 15.8. The number of hydrogen-bond acceptors (Lipinski definition) is 3. The molecule has 0 spiro atoms. The van der Waals surface area contributed by atoms with Gasteiger partial charge in [0.05, 0.1) is 6.61 Å². The molecule has 2 amide bonds. The third-order valence-corrected chi connectivity index (χ3v) is 6.40. The first-order valence-corrected chi connectivity index (χ1v) is 11.6. The summed E-state index contributed by atoms with van der Waals surface area (Å²) in [6.07, 6.45) is 5.86. The average Bonchev–Trinajstić information content (AvgIpc) is 2.98. The Balaban J connectivity index is 1.58. The lowest BCUT2D eigenvalue weighted by atomic mass is 9.86. The molecule has 2 aromatic rings. The van der Waals surface area contributed by atoms with E-state index in [-0.39, 0.29) is 11.8 Å². The maximum atomic E-state index is 13.1. The van der Waals surface area contributed by atoms with Crippen molar-refractivity contribution in [1.82, 2.24) is 10.2 Å². The summed E-state index contributed by atoms with van der Waals surface area (Å²) < 4.78 is 0. The topological polar surface area (TPSA) is 69.6 Å². The van der Waals surface area contributed by atoms with Crippen LogP contribution in [0, 0.1) is 5.41 Å². The van der Waals surface area contributed by atoms with Gasteiger partial charge in [-0.25, -0.2) is 0 Å². The van der Waals surface area contributed by atoms with Crippen LogP contribution in [0.3, 0.4) is 0 Å². The van der Waals surface area contributed by atoms with Crippen molar-refractivity contribution in [2.45, 2.75) is 39.7 Å².